The van der Waals surface area contributed by atoms with Crippen molar-refractivity contribution in [3.63, 3.8) is 0 Å². The average molecular weight is 386 g/mol. The summed E-state index contributed by atoms with van der Waals surface area (Å²) >= 11 is 0. The van der Waals surface area contributed by atoms with Gasteiger partial charge in [0.2, 0.25) is 5.91 Å². The second kappa shape index (κ2) is 8.19. The molecule has 1 aromatic carbocycles. The summed E-state index contributed by atoms with van der Waals surface area (Å²) in [6, 6.07) is 4.57. The molecule has 1 fully saturated rings. The number of anilines is 1. The number of piperidine rings is 1. The third-order valence-corrected chi connectivity index (χ3v) is 4.21. The average Bonchev–Trinajstić information content (AvgIpc) is 2.53. The maximum Gasteiger partial charge on any atom is 0.416 e. The second-order valence-electron chi connectivity index (χ2n) is 7.74. The standard InChI is InChI=1S/C19H25F3N2O3/c1-18(2,3)27-17(26)24-9-7-13(8-10-24)11-16(25)23-15-6-4-5-14(12-15)19(20,21)22/h4-6,12-13H,7-11H2,1-3H3,(H,23,25). The van der Waals surface area contributed by atoms with Crippen LogP contribution < -0.4 is 5.32 Å². The maximum atomic E-state index is 12.7. The van der Waals surface area contributed by atoms with E-state index in [4.69, 9.17) is 4.74 Å². The smallest absolute Gasteiger partial charge is 0.416 e. The summed E-state index contributed by atoms with van der Waals surface area (Å²) in [5.74, 6) is -0.250. The molecule has 5 nitrogen and oxygen atoms in total. The van der Waals surface area contributed by atoms with E-state index in [0.29, 0.717) is 25.9 Å². The first-order valence-corrected chi connectivity index (χ1v) is 8.89. The first-order chi connectivity index (χ1) is 12.4. The van der Waals surface area contributed by atoms with E-state index in [2.05, 4.69) is 5.32 Å². The van der Waals surface area contributed by atoms with Gasteiger partial charge < -0.3 is 15.0 Å². The van der Waals surface area contributed by atoms with E-state index in [1.165, 1.54) is 12.1 Å². The van der Waals surface area contributed by atoms with E-state index in [9.17, 15) is 22.8 Å². The highest BCUT2D eigenvalue weighted by molar-refractivity contribution is 5.91. The Labute approximate surface area is 156 Å². The van der Waals surface area contributed by atoms with Gasteiger partial charge in [-0.05, 0) is 57.7 Å². The molecule has 0 unspecified atom stereocenters. The highest BCUT2D eigenvalue weighted by atomic mass is 19.4. The number of alkyl halides is 3. The summed E-state index contributed by atoms with van der Waals surface area (Å²) in [6.45, 7) is 6.40. The molecule has 1 saturated heterocycles. The Bertz CT molecular complexity index is 676. The Morgan fingerprint density at radius 2 is 1.81 bits per heavy atom. The normalized spacial score (nSPS) is 16.1. The fraction of sp³-hybridized carbons (Fsp3) is 0.579. The number of halogens is 3. The number of hydrogen-bond acceptors (Lipinski definition) is 3. The van der Waals surface area contributed by atoms with Gasteiger partial charge in [-0.15, -0.1) is 0 Å². The van der Waals surface area contributed by atoms with Crippen LogP contribution in [0.4, 0.5) is 23.7 Å². The van der Waals surface area contributed by atoms with Gasteiger partial charge in [0.1, 0.15) is 5.60 Å². The number of carbonyl (C=O) groups is 2. The lowest BCUT2D eigenvalue weighted by Crippen LogP contribution is -2.42. The van der Waals surface area contributed by atoms with Crippen LogP contribution in [-0.2, 0) is 15.7 Å². The Kier molecular flexibility index (Phi) is 6.38. The van der Waals surface area contributed by atoms with Gasteiger partial charge in [-0.3, -0.25) is 4.79 Å². The molecule has 0 bridgehead atoms. The minimum atomic E-state index is -4.45. The van der Waals surface area contributed by atoms with Gasteiger partial charge in [0.05, 0.1) is 5.56 Å². The van der Waals surface area contributed by atoms with Crippen LogP contribution in [0.5, 0.6) is 0 Å². The van der Waals surface area contributed by atoms with Crippen LogP contribution in [0.1, 0.15) is 45.6 Å². The van der Waals surface area contributed by atoms with E-state index in [1.54, 1.807) is 25.7 Å². The number of likely N-dealkylation sites (tertiary alicyclic amines) is 1. The van der Waals surface area contributed by atoms with Gasteiger partial charge in [0, 0.05) is 25.2 Å². The number of nitrogens with one attached hydrogen (secondary N) is 1. The summed E-state index contributed by atoms with van der Waals surface area (Å²) in [5, 5.41) is 2.52. The largest absolute Gasteiger partial charge is 0.444 e. The molecule has 1 aliphatic heterocycles. The molecule has 1 N–H and O–H groups in total. The zero-order valence-corrected chi connectivity index (χ0v) is 15.7. The molecule has 27 heavy (non-hydrogen) atoms. The Hall–Kier alpha value is -2.25. The third-order valence-electron chi connectivity index (χ3n) is 4.21. The van der Waals surface area contributed by atoms with Gasteiger partial charge >= 0.3 is 12.3 Å². The Morgan fingerprint density at radius 1 is 1.19 bits per heavy atom. The van der Waals surface area contributed by atoms with Crippen molar-refractivity contribution < 1.29 is 27.5 Å². The fourth-order valence-electron chi connectivity index (χ4n) is 2.89. The molecule has 1 aliphatic rings. The van der Waals surface area contributed by atoms with Gasteiger partial charge in [-0.1, -0.05) is 6.07 Å². The minimum absolute atomic E-state index is 0.0782. The van der Waals surface area contributed by atoms with E-state index in [-0.39, 0.29) is 30.0 Å². The zero-order valence-electron chi connectivity index (χ0n) is 15.7. The van der Waals surface area contributed by atoms with Crippen molar-refractivity contribution >= 4 is 17.7 Å². The van der Waals surface area contributed by atoms with Crippen molar-refractivity contribution in [2.45, 2.75) is 51.8 Å². The van der Waals surface area contributed by atoms with Crippen LogP contribution in [0, 0.1) is 5.92 Å². The predicted octanol–water partition coefficient (Wildman–Crippen LogP) is 4.68. The van der Waals surface area contributed by atoms with Gasteiger partial charge in [-0.2, -0.15) is 13.2 Å². The molecule has 0 aliphatic carbocycles. The monoisotopic (exact) mass is 386 g/mol. The third kappa shape index (κ3) is 6.77. The van der Waals surface area contributed by atoms with E-state index in [1.807, 2.05) is 0 Å². The number of rotatable bonds is 3. The van der Waals surface area contributed by atoms with Crippen LogP contribution in [0.3, 0.4) is 0 Å². The molecule has 1 aromatic rings. The van der Waals surface area contributed by atoms with Crippen molar-refractivity contribution in [1.29, 1.82) is 0 Å². The van der Waals surface area contributed by atoms with Crippen LogP contribution in [0.2, 0.25) is 0 Å². The van der Waals surface area contributed by atoms with Crippen molar-refractivity contribution in [2.75, 3.05) is 18.4 Å². The molecule has 0 radical (unpaired) electrons. The van der Waals surface area contributed by atoms with Crippen molar-refractivity contribution in [2.24, 2.45) is 5.92 Å². The number of ether oxygens (including phenoxy) is 1. The first kappa shape index (κ1) is 21.1. The van der Waals surface area contributed by atoms with E-state index >= 15 is 0 Å². The highest BCUT2D eigenvalue weighted by Gasteiger charge is 2.31. The van der Waals surface area contributed by atoms with E-state index < -0.39 is 17.3 Å². The summed E-state index contributed by atoms with van der Waals surface area (Å²) in [4.78, 5) is 25.8. The summed E-state index contributed by atoms with van der Waals surface area (Å²) in [5.41, 5.74) is -1.23. The molecule has 0 spiro atoms. The zero-order chi connectivity index (χ0) is 20.2. The molecule has 2 rings (SSSR count). The summed E-state index contributed by atoms with van der Waals surface area (Å²) in [6.07, 6.45) is -3.31. The number of benzene rings is 1. The molecular formula is C19H25F3N2O3. The van der Waals surface area contributed by atoms with Crippen molar-refractivity contribution in [3.8, 4) is 0 Å². The second-order valence-corrected chi connectivity index (χ2v) is 7.74. The SMILES string of the molecule is CC(C)(C)OC(=O)N1CCC(CC(=O)Nc2cccc(C(F)(F)F)c2)CC1. The molecule has 0 saturated carbocycles. The molecule has 0 aromatic heterocycles. The lowest BCUT2D eigenvalue weighted by atomic mass is 9.93. The summed E-state index contributed by atoms with van der Waals surface area (Å²) < 4.78 is 43.5. The minimum Gasteiger partial charge on any atom is -0.444 e. The van der Waals surface area contributed by atoms with Crippen LogP contribution in [0.25, 0.3) is 0 Å². The number of amides is 2. The number of hydrogen-bond donors (Lipinski definition) is 1. The lowest BCUT2D eigenvalue weighted by Gasteiger charge is -2.33. The maximum absolute atomic E-state index is 12.7. The predicted molar refractivity (Wildman–Crippen MR) is 95.2 cm³/mol. The summed E-state index contributed by atoms with van der Waals surface area (Å²) in [7, 11) is 0. The van der Waals surface area contributed by atoms with Gasteiger partial charge in [-0.25, -0.2) is 4.79 Å². The molecule has 1 heterocycles. The number of nitrogens with zero attached hydrogens (tertiary/aromatic N) is 1. The molecule has 8 heteroatoms. The molecule has 0 atom stereocenters. The number of carbonyl (C=O) groups excluding carboxylic acids is 2. The molecule has 150 valence electrons. The van der Waals surface area contributed by atoms with E-state index in [0.717, 1.165) is 12.1 Å². The lowest BCUT2D eigenvalue weighted by molar-refractivity contribution is -0.137. The molecule has 2 amide bonds. The van der Waals surface area contributed by atoms with Crippen LogP contribution in [-0.4, -0.2) is 35.6 Å². The van der Waals surface area contributed by atoms with Crippen LogP contribution >= 0.6 is 0 Å². The first-order valence-electron chi connectivity index (χ1n) is 8.89. The Balaban J connectivity index is 1.82. The Morgan fingerprint density at radius 3 is 2.37 bits per heavy atom. The van der Waals surface area contributed by atoms with Gasteiger partial charge in [0.25, 0.3) is 0 Å². The topological polar surface area (TPSA) is 58.6 Å². The quantitative estimate of drug-likeness (QED) is 0.821. The van der Waals surface area contributed by atoms with Gasteiger partial charge in [0.15, 0.2) is 0 Å². The van der Waals surface area contributed by atoms with Crippen LogP contribution in [0.15, 0.2) is 24.3 Å². The van der Waals surface area contributed by atoms with Crippen molar-refractivity contribution in [3.05, 3.63) is 29.8 Å². The highest BCUT2D eigenvalue weighted by Crippen LogP contribution is 2.31. The molecular weight excluding hydrogens is 361 g/mol. The van der Waals surface area contributed by atoms with Crippen molar-refractivity contribution in [1.82, 2.24) is 4.90 Å². The fourth-order valence-corrected chi connectivity index (χ4v) is 2.89.